The molecule has 0 fully saturated rings. The number of benzene rings is 1. The highest BCUT2D eigenvalue weighted by atomic mass is 35.5. The van der Waals surface area contributed by atoms with E-state index < -0.39 is 46.2 Å². The van der Waals surface area contributed by atoms with Gasteiger partial charge in [0, 0.05) is 12.3 Å². The van der Waals surface area contributed by atoms with E-state index in [2.05, 4.69) is 4.98 Å². The largest absolute Gasteiger partial charge is 0.276 e. The van der Waals surface area contributed by atoms with Crippen LogP contribution >= 0.6 is 11.6 Å². The highest BCUT2D eigenvalue weighted by molar-refractivity contribution is 6.29. The van der Waals surface area contributed by atoms with E-state index in [1.54, 1.807) is 0 Å². The summed E-state index contributed by atoms with van der Waals surface area (Å²) in [4.78, 5) is 28.7. The second kappa shape index (κ2) is 7.51. The van der Waals surface area contributed by atoms with Crippen molar-refractivity contribution in [1.29, 1.82) is 0 Å². The summed E-state index contributed by atoms with van der Waals surface area (Å²) in [5, 5.41) is 0.888. The molecule has 2 aromatic rings. The molecule has 1 aromatic heterocycles. The average molecular weight is 404 g/mol. The Bertz CT molecular complexity index is 872. The number of nitrogens with zero attached hydrogens (tertiary/aromatic N) is 2. The molecule has 2 amide bonds. The van der Waals surface area contributed by atoms with E-state index >= 15 is 0 Å². The predicted octanol–water partition coefficient (Wildman–Crippen LogP) is 3.88. The van der Waals surface area contributed by atoms with Crippen molar-refractivity contribution in [2.75, 3.05) is 0 Å². The van der Waals surface area contributed by atoms with Gasteiger partial charge in [-0.1, -0.05) is 11.6 Å². The minimum absolute atomic E-state index is 0.0148. The Hall–Kier alpha value is -2.68. The third-order valence-corrected chi connectivity index (χ3v) is 3.62. The van der Waals surface area contributed by atoms with Crippen LogP contribution in [-0.4, -0.2) is 27.3 Å². The van der Waals surface area contributed by atoms with Gasteiger partial charge in [0.25, 0.3) is 11.8 Å². The SMILES string of the molecule is CC(C)(C)N(NC(=O)c1c(F)c(F)cc(F)c1F)C(=O)c1ccc(Cl)nc1. The number of hydrogen-bond donors (Lipinski definition) is 1. The molecule has 1 heterocycles. The molecule has 144 valence electrons. The average Bonchev–Trinajstić information content (AvgIpc) is 2.57. The highest BCUT2D eigenvalue weighted by Gasteiger charge is 2.32. The second-order valence-corrected chi connectivity index (χ2v) is 6.85. The van der Waals surface area contributed by atoms with Gasteiger partial charge in [-0.05, 0) is 32.9 Å². The van der Waals surface area contributed by atoms with E-state index in [-0.39, 0.29) is 16.8 Å². The molecule has 5 nitrogen and oxygen atoms in total. The maximum Gasteiger partial charge on any atom is 0.276 e. The Kier molecular flexibility index (Phi) is 5.74. The van der Waals surface area contributed by atoms with Gasteiger partial charge in [-0.25, -0.2) is 27.6 Å². The second-order valence-electron chi connectivity index (χ2n) is 6.47. The number of halogens is 5. The maximum absolute atomic E-state index is 13.8. The van der Waals surface area contributed by atoms with Gasteiger partial charge in [0.15, 0.2) is 23.3 Å². The number of hydrazine groups is 1. The lowest BCUT2D eigenvalue weighted by molar-refractivity contribution is 0.0354. The van der Waals surface area contributed by atoms with Gasteiger partial charge < -0.3 is 0 Å². The Balaban J connectivity index is 2.42. The van der Waals surface area contributed by atoms with Crippen LogP contribution in [0.15, 0.2) is 24.4 Å². The summed E-state index contributed by atoms with van der Waals surface area (Å²) < 4.78 is 54.4. The minimum atomic E-state index is -1.87. The molecule has 0 radical (unpaired) electrons. The Morgan fingerprint density at radius 3 is 2.07 bits per heavy atom. The molecule has 1 aromatic carbocycles. The van der Waals surface area contributed by atoms with Crippen LogP contribution in [-0.2, 0) is 0 Å². The van der Waals surface area contributed by atoms with Crippen molar-refractivity contribution >= 4 is 23.4 Å². The van der Waals surface area contributed by atoms with Gasteiger partial charge in [0.1, 0.15) is 10.7 Å². The van der Waals surface area contributed by atoms with Crippen LogP contribution in [0.1, 0.15) is 41.5 Å². The highest BCUT2D eigenvalue weighted by Crippen LogP contribution is 2.21. The predicted molar refractivity (Wildman–Crippen MR) is 88.9 cm³/mol. The fourth-order valence-corrected chi connectivity index (χ4v) is 2.20. The number of aromatic nitrogens is 1. The normalized spacial score (nSPS) is 11.3. The fourth-order valence-electron chi connectivity index (χ4n) is 2.08. The van der Waals surface area contributed by atoms with Gasteiger partial charge in [-0.2, -0.15) is 0 Å². The molecule has 10 heteroatoms. The Morgan fingerprint density at radius 2 is 1.63 bits per heavy atom. The summed E-state index contributed by atoms with van der Waals surface area (Å²) >= 11 is 5.65. The van der Waals surface area contributed by atoms with Crippen molar-refractivity contribution in [2.45, 2.75) is 26.3 Å². The van der Waals surface area contributed by atoms with Gasteiger partial charge >= 0.3 is 0 Å². The maximum atomic E-state index is 13.8. The summed E-state index contributed by atoms with van der Waals surface area (Å²) in [5.74, 6) is -9.54. The molecule has 0 aliphatic heterocycles. The molecule has 1 N–H and O–H groups in total. The van der Waals surface area contributed by atoms with E-state index in [0.29, 0.717) is 0 Å². The van der Waals surface area contributed by atoms with Gasteiger partial charge in [-0.15, -0.1) is 0 Å². The number of hydrogen-bond acceptors (Lipinski definition) is 3. The molecule has 2 rings (SSSR count). The van der Waals surface area contributed by atoms with Crippen LogP contribution in [0.3, 0.4) is 0 Å². The van der Waals surface area contributed by atoms with Gasteiger partial charge in [-0.3, -0.25) is 15.0 Å². The number of nitrogens with one attached hydrogen (secondary N) is 1. The smallest absolute Gasteiger partial charge is 0.267 e. The van der Waals surface area contributed by atoms with Gasteiger partial charge in [0.2, 0.25) is 0 Å². The molecule has 0 atom stereocenters. The lowest BCUT2D eigenvalue weighted by Crippen LogP contribution is -2.56. The monoisotopic (exact) mass is 403 g/mol. The van der Waals surface area contributed by atoms with Crippen molar-refractivity contribution in [1.82, 2.24) is 15.4 Å². The van der Waals surface area contributed by atoms with Crippen LogP contribution in [0.25, 0.3) is 0 Å². The molecule has 27 heavy (non-hydrogen) atoms. The first-order valence-electron chi connectivity index (χ1n) is 7.53. The summed E-state index contributed by atoms with van der Waals surface area (Å²) in [6.45, 7) is 4.56. The van der Waals surface area contributed by atoms with Gasteiger partial charge in [0.05, 0.1) is 11.1 Å². The molecular weight excluding hydrogens is 390 g/mol. The van der Waals surface area contributed by atoms with E-state index in [4.69, 9.17) is 11.6 Å². The third kappa shape index (κ3) is 4.36. The zero-order valence-electron chi connectivity index (χ0n) is 14.4. The van der Waals surface area contributed by atoms with Crippen LogP contribution < -0.4 is 5.43 Å². The van der Waals surface area contributed by atoms with Crippen molar-refractivity contribution < 1.29 is 27.2 Å². The van der Waals surface area contributed by atoms with Crippen LogP contribution in [0.4, 0.5) is 17.6 Å². The van der Waals surface area contributed by atoms with Crippen molar-refractivity contribution in [3.05, 3.63) is 63.9 Å². The Labute approximate surface area is 156 Å². The third-order valence-electron chi connectivity index (χ3n) is 3.40. The summed E-state index contributed by atoms with van der Waals surface area (Å²) in [6, 6.07) is 2.64. The molecule has 0 aliphatic rings. The Morgan fingerprint density at radius 1 is 1.07 bits per heavy atom. The van der Waals surface area contributed by atoms with Crippen molar-refractivity contribution in [3.8, 4) is 0 Å². The summed E-state index contributed by atoms with van der Waals surface area (Å²) in [6.07, 6.45) is 1.14. The van der Waals surface area contributed by atoms with E-state index in [0.717, 1.165) is 11.2 Å². The van der Waals surface area contributed by atoms with Crippen molar-refractivity contribution in [3.63, 3.8) is 0 Å². The number of amides is 2. The molecule has 0 saturated carbocycles. The molecule has 0 saturated heterocycles. The summed E-state index contributed by atoms with van der Waals surface area (Å²) in [5.41, 5.74) is -0.539. The molecule has 0 unspecified atom stereocenters. The lowest BCUT2D eigenvalue weighted by atomic mass is 10.1. The number of pyridine rings is 1. The topological polar surface area (TPSA) is 62.3 Å². The zero-order chi connectivity index (χ0) is 20.5. The molecular formula is C17H14ClF4N3O2. The van der Waals surface area contributed by atoms with Crippen molar-refractivity contribution in [2.24, 2.45) is 0 Å². The van der Waals surface area contributed by atoms with E-state index in [9.17, 15) is 27.2 Å². The molecule has 0 aliphatic carbocycles. The minimum Gasteiger partial charge on any atom is -0.267 e. The number of rotatable bonds is 2. The standard InChI is InChI=1S/C17H14ClF4N3O2/c1-17(2,3)25(16(27)8-4-5-11(18)23-7-8)24-15(26)12-13(21)9(19)6-10(20)14(12)22/h4-7H,1-3H3,(H,24,26). The first-order valence-corrected chi connectivity index (χ1v) is 7.91. The summed E-state index contributed by atoms with van der Waals surface area (Å²) in [7, 11) is 0. The quantitative estimate of drug-likeness (QED) is 0.358. The lowest BCUT2D eigenvalue weighted by Gasteiger charge is -2.35. The van der Waals surface area contributed by atoms with E-state index in [1.807, 2.05) is 5.43 Å². The van der Waals surface area contributed by atoms with Crippen LogP contribution in [0, 0.1) is 23.3 Å². The first kappa shape index (κ1) is 20.6. The fraction of sp³-hybridized carbons (Fsp3) is 0.235. The van der Waals surface area contributed by atoms with Crippen LogP contribution in [0.2, 0.25) is 5.15 Å². The molecule has 0 bridgehead atoms. The van der Waals surface area contributed by atoms with Crippen LogP contribution in [0.5, 0.6) is 0 Å². The first-order chi connectivity index (χ1) is 12.4. The van der Waals surface area contributed by atoms with E-state index in [1.165, 1.54) is 32.9 Å². The number of carbonyl (C=O) groups is 2. The zero-order valence-corrected chi connectivity index (χ0v) is 15.2. The number of carbonyl (C=O) groups excluding carboxylic acids is 2. The molecule has 0 spiro atoms.